The molecule has 1 aromatic rings. The van der Waals surface area contributed by atoms with Crippen LogP contribution in [-0.2, 0) is 11.2 Å². The van der Waals surface area contributed by atoms with Gasteiger partial charge in [-0.15, -0.1) is 0 Å². The molecule has 1 aromatic heterocycles. The molecule has 0 aromatic carbocycles. The Kier molecular flexibility index (Phi) is 2.98. The van der Waals surface area contributed by atoms with Gasteiger partial charge in [0.1, 0.15) is 5.82 Å². The minimum absolute atomic E-state index is 0.595. The van der Waals surface area contributed by atoms with E-state index < -0.39 is 0 Å². The van der Waals surface area contributed by atoms with E-state index in [2.05, 4.69) is 14.8 Å². The van der Waals surface area contributed by atoms with Crippen LogP contribution in [0.5, 0.6) is 0 Å². The van der Waals surface area contributed by atoms with Gasteiger partial charge in [0.2, 0.25) is 0 Å². The Hall–Kier alpha value is -0.680. The Balaban J connectivity index is 2.05. The predicted octanol–water partition coefficient (Wildman–Crippen LogP) is 1.85. The van der Waals surface area contributed by atoms with Gasteiger partial charge in [0.15, 0.2) is 4.77 Å². The molecule has 1 saturated carbocycles. The van der Waals surface area contributed by atoms with Crippen molar-refractivity contribution in [2.24, 2.45) is 0 Å². The lowest BCUT2D eigenvalue weighted by atomic mass is 10.4. The molecule has 1 fully saturated rings. The van der Waals surface area contributed by atoms with Gasteiger partial charge in [0, 0.05) is 19.1 Å². The molecule has 0 bridgehead atoms. The topological polar surface area (TPSA) is 42.8 Å². The van der Waals surface area contributed by atoms with Crippen LogP contribution in [0.15, 0.2) is 0 Å². The Morgan fingerprint density at radius 3 is 3.07 bits per heavy atom. The average Bonchev–Trinajstić information content (AvgIpc) is 2.93. The van der Waals surface area contributed by atoms with E-state index in [1.807, 2.05) is 6.92 Å². The van der Waals surface area contributed by atoms with Gasteiger partial charge >= 0.3 is 0 Å². The number of aromatic nitrogens is 3. The van der Waals surface area contributed by atoms with Crippen molar-refractivity contribution in [3.8, 4) is 0 Å². The Bertz CT molecular complexity index is 353. The summed E-state index contributed by atoms with van der Waals surface area (Å²) >= 11 is 5.17. The van der Waals surface area contributed by atoms with E-state index in [-0.39, 0.29) is 0 Å². The molecule has 1 aliphatic rings. The zero-order valence-corrected chi connectivity index (χ0v) is 9.14. The van der Waals surface area contributed by atoms with Crippen LogP contribution in [0.1, 0.15) is 31.6 Å². The summed E-state index contributed by atoms with van der Waals surface area (Å²) in [5.41, 5.74) is 0. The second-order valence-electron chi connectivity index (χ2n) is 3.49. The van der Waals surface area contributed by atoms with Crippen molar-refractivity contribution in [1.29, 1.82) is 0 Å². The first-order chi connectivity index (χ1) is 6.83. The number of nitrogens with one attached hydrogen (secondary N) is 1. The first-order valence-corrected chi connectivity index (χ1v) is 5.47. The van der Waals surface area contributed by atoms with Crippen LogP contribution in [-0.4, -0.2) is 28.0 Å². The van der Waals surface area contributed by atoms with Crippen LogP contribution in [0.25, 0.3) is 0 Å². The number of aromatic amines is 1. The van der Waals surface area contributed by atoms with Crippen LogP contribution < -0.4 is 0 Å². The van der Waals surface area contributed by atoms with Crippen molar-refractivity contribution in [2.45, 2.75) is 32.2 Å². The molecule has 0 atom stereocenters. The molecule has 0 amide bonds. The summed E-state index contributed by atoms with van der Waals surface area (Å²) in [6.45, 7) is 3.48. The van der Waals surface area contributed by atoms with E-state index in [0.717, 1.165) is 30.2 Å². The van der Waals surface area contributed by atoms with Gasteiger partial charge in [-0.3, -0.25) is 5.10 Å². The summed E-state index contributed by atoms with van der Waals surface area (Å²) in [5, 5.41) is 7.06. The van der Waals surface area contributed by atoms with Gasteiger partial charge < -0.3 is 9.30 Å². The molecular weight excluding hydrogens is 198 g/mol. The Morgan fingerprint density at radius 1 is 1.64 bits per heavy atom. The second-order valence-corrected chi connectivity index (χ2v) is 3.88. The van der Waals surface area contributed by atoms with Gasteiger partial charge in [0.05, 0.1) is 6.61 Å². The lowest BCUT2D eigenvalue weighted by Gasteiger charge is -2.04. The van der Waals surface area contributed by atoms with Crippen molar-refractivity contribution in [1.82, 2.24) is 14.8 Å². The zero-order chi connectivity index (χ0) is 9.97. The number of nitrogens with zero attached hydrogens (tertiary/aromatic N) is 2. The standard InChI is InChI=1S/C9H15N3OS/c1-2-13-6-5-8-10-11-9(14)12(8)7-3-4-7/h7H,2-6H2,1H3,(H,11,14). The quantitative estimate of drug-likeness (QED) is 0.599. The van der Waals surface area contributed by atoms with E-state index in [4.69, 9.17) is 17.0 Å². The van der Waals surface area contributed by atoms with Crippen LogP contribution in [0.3, 0.4) is 0 Å². The molecule has 1 N–H and O–H groups in total. The molecule has 4 nitrogen and oxygen atoms in total. The zero-order valence-electron chi connectivity index (χ0n) is 8.32. The number of hydrogen-bond acceptors (Lipinski definition) is 3. The maximum atomic E-state index is 5.30. The van der Waals surface area contributed by atoms with Gasteiger partial charge in [-0.1, -0.05) is 0 Å². The lowest BCUT2D eigenvalue weighted by Crippen LogP contribution is -2.06. The molecule has 78 valence electrons. The molecule has 0 unspecified atom stereocenters. The summed E-state index contributed by atoms with van der Waals surface area (Å²) < 4.78 is 8.18. The highest BCUT2D eigenvalue weighted by Gasteiger charge is 2.26. The van der Waals surface area contributed by atoms with E-state index >= 15 is 0 Å². The summed E-state index contributed by atoms with van der Waals surface area (Å²) in [4.78, 5) is 0. The summed E-state index contributed by atoms with van der Waals surface area (Å²) in [6.07, 6.45) is 3.31. The second kappa shape index (κ2) is 4.23. The summed E-state index contributed by atoms with van der Waals surface area (Å²) in [7, 11) is 0. The third kappa shape index (κ3) is 2.04. The molecule has 0 radical (unpaired) electrons. The van der Waals surface area contributed by atoms with Crippen molar-refractivity contribution >= 4 is 12.2 Å². The molecule has 1 aliphatic carbocycles. The lowest BCUT2D eigenvalue weighted by molar-refractivity contribution is 0.149. The highest BCUT2D eigenvalue weighted by atomic mass is 32.1. The molecule has 0 aliphatic heterocycles. The van der Waals surface area contributed by atoms with Gasteiger partial charge in [-0.2, -0.15) is 5.10 Å². The number of hydrogen-bond donors (Lipinski definition) is 1. The SMILES string of the molecule is CCOCCc1n[nH]c(=S)n1C1CC1. The number of H-pyrrole nitrogens is 1. The molecule has 0 spiro atoms. The Labute approximate surface area is 88.3 Å². The maximum Gasteiger partial charge on any atom is 0.195 e. The number of rotatable bonds is 5. The van der Waals surface area contributed by atoms with E-state index in [1.165, 1.54) is 12.8 Å². The molecule has 14 heavy (non-hydrogen) atoms. The molecule has 2 rings (SSSR count). The van der Waals surface area contributed by atoms with Crippen molar-refractivity contribution in [3.63, 3.8) is 0 Å². The van der Waals surface area contributed by atoms with Gasteiger partial charge in [-0.25, -0.2) is 0 Å². The highest BCUT2D eigenvalue weighted by Crippen LogP contribution is 2.35. The van der Waals surface area contributed by atoms with Gasteiger partial charge in [0.25, 0.3) is 0 Å². The fraction of sp³-hybridized carbons (Fsp3) is 0.778. The maximum absolute atomic E-state index is 5.30. The van der Waals surface area contributed by atoms with Crippen LogP contribution in [0, 0.1) is 4.77 Å². The fourth-order valence-corrected chi connectivity index (χ4v) is 1.83. The van der Waals surface area contributed by atoms with Crippen molar-refractivity contribution < 1.29 is 4.74 Å². The van der Waals surface area contributed by atoms with Crippen LogP contribution in [0.4, 0.5) is 0 Å². The smallest absolute Gasteiger partial charge is 0.195 e. The minimum Gasteiger partial charge on any atom is -0.381 e. The Morgan fingerprint density at radius 2 is 2.43 bits per heavy atom. The van der Waals surface area contributed by atoms with E-state index in [0.29, 0.717) is 6.04 Å². The first kappa shape index (κ1) is 9.86. The molecule has 0 saturated heterocycles. The first-order valence-electron chi connectivity index (χ1n) is 5.06. The van der Waals surface area contributed by atoms with Crippen LogP contribution >= 0.6 is 12.2 Å². The van der Waals surface area contributed by atoms with Crippen molar-refractivity contribution in [2.75, 3.05) is 13.2 Å². The van der Waals surface area contributed by atoms with Crippen molar-refractivity contribution in [3.05, 3.63) is 10.6 Å². The summed E-state index contributed by atoms with van der Waals surface area (Å²) in [6, 6.07) is 0.595. The molecule has 1 heterocycles. The highest BCUT2D eigenvalue weighted by molar-refractivity contribution is 7.71. The third-order valence-corrected chi connectivity index (χ3v) is 2.65. The largest absolute Gasteiger partial charge is 0.381 e. The average molecular weight is 213 g/mol. The third-order valence-electron chi connectivity index (χ3n) is 2.36. The molecule has 5 heteroatoms. The minimum atomic E-state index is 0.595. The fourth-order valence-electron chi connectivity index (χ4n) is 1.53. The monoisotopic (exact) mass is 213 g/mol. The van der Waals surface area contributed by atoms with Gasteiger partial charge in [-0.05, 0) is 32.0 Å². The molecular formula is C9H15N3OS. The summed E-state index contributed by atoms with van der Waals surface area (Å²) in [5.74, 6) is 1.03. The van der Waals surface area contributed by atoms with Crippen LogP contribution in [0.2, 0.25) is 0 Å². The number of ether oxygens (including phenoxy) is 1. The normalized spacial score (nSPS) is 16.1. The van der Waals surface area contributed by atoms with E-state index in [1.54, 1.807) is 0 Å². The van der Waals surface area contributed by atoms with E-state index in [9.17, 15) is 0 Å². The predicted molar refractivity (Wildman–Crippen MR) is 55.9 cm³/mol.